The SMILES string of the molecule is CNC(=O)NCC(C)(C)c1ccc2c(c1)CCC2. The predicted molar refractivity (Wildman–Crippen MR) is 74.0 cm³/mol. The summed E-state index contributed by atoms with van der Waals surface area (Å²) < 4.78 is 0. The van der Waals surface area contributed by atoms with E-state index >= 15 is 0 Å². The van der Waals surface area contributed by atoms with Crippen LogP contribution in [0.1, 0.15) is 37.0 Å². The number of benzene rings is 1. The molecule has 1 aromatic carbocycles. The van der Waals surface area contributed by atoms with E-state index in [9.17, 15) is 4.79 Å². The smallest absolute Gasteiger partial charge is 0.314 e. The Labute approximate surface area is 109 Å². The molecule has 3 heteroatoms. The summed E-state index contributed by atoms with van der Waals surface area (Å²) in [6.07, 6.45) is 3.68. The van der Waals surface area contributed by atoms with Crippen molar-refractivity contribution < 1.29 is 4.79 Å². The zero-order valence-corrected chi connectivity index (χ0v) is 11.5. The highest BCUT2D eigenvalue weighted by atomic mass is 16.2. The number of urea groups is 1. The van der Waals surface area contributed by atoms with Crippen molar-refractivity contribution in [3.05, 3.63) is 34.9 Å². The van der Waals surface area contributed by atoms with Crippen molar-refractivity contribution in [1.82, 2.24) is 10.6 Å². The second kappa shape index (κ2) is 5.01. The maximum atomic E-state index is 11.3. The Morgan fingerprint density at radius 3 is 2.72 bits per heavy atom. The van der Waals surface area contributed by atoms with Crippen LogP contribution in [0.4, 0.5) is 4.79 Å². The summed E-state index contributed by atoms with van der Waals surface area (Å²) in [5, 5.41) is 5.47. The predicted octanol–water partition coefficient (Wildman–Crippen LogP) is 2.38. The maximum absolute atomic E-state index is 11.3. The molecular weight excluding hydrogens is 224 g/mol. The number of nitrogens with one attached hydrogen (secondary N) is 2. The van der Waals surface area contributed by atoms with Gasteiger partial charge in [0, 0.05) is 19.0 Å². The van der Waals surface area contributed by atoms with Crippen molar-refractivity contribution >= 4 is 6.03 Å². The van der Waals surface area contributed by atoms with Crippen molar-refractivity contribution in [1.29, 1.82) is 0 Å². The van der Waals surface area contributed by atoms with Crippen molar-refractivity contribution in [2.24, 2.45) is 0 Å². The fourth-order valence-electron chi connectivity index (χ4n) is 2.48. The van der Waals surface area contributed by atoms with E-state index in [-0.39, 0.29) is 11.4 Å². The van der Waals surface area contributed by atoms with Crippen LogP contribution in [-0.4, -0.2) is 19.6 Å². The van der Waals surface area contributed by atoms with Gasteiger partial charge in [-0.2, -0.15) is 0 Å². The van der Waals surface area contributed by atoms with Crippen LogP contribution >= 0.6 is 0 Å². The van der Waals surface area contributed by atoms with Crippen LogP contribution in [0, 0.1) is 0 Å². The van der Waals surface area contributed by atoms with E-state index < -0.39 is 0 Å². The molecule has 2 rings (SSSR count). The zero-order valence-electron chi connectivity index (χ0n) is 11.5. The molecule has 0 fully saturated rings. The highest BCUT2D eigenvalue weighted by Gasteiger charge is 2.23. The van der Waals surface area contributed by atoms with Crippen molar-refractivity contribution in [2.45, 2.75) is 38.5 Å². The van der Waals surface area contributed by atoms with Gasteiger partial charge in [-0.15, -0.1) is 0 Å². The van der Waals surface area contributed by atoms with Gasteiger partial charge >= 0.3 is 6.03 Å². The standard InChI is InChI=1S/C15H22N2O/c1-15(2,10-17-14(18)16-3)13-8-7-11-5-4-6-12(11)9-13/h7-9H,4-6,10H2,1-3H3,(H2,16,17,18). The highest BCUT2D eigenvalue weighted by Crippen LogP contribution is 2.29. The topological polar surface area (TPSA) is 41.1 Å². The molecule has 0 bridgehead atoms. The van der Waals surface area contributed by atoms with Gasteiger partial charge in [0.05, 0.1) is 0 Å². The molecule has 1 aliphatic rings. The molecule has 0 atom stereocenters. The van der Waals surface area contributed by atoms with Gasteiger partial charge in [-0.05, 0) is 36.0 Å². The number of amides is 2. The summed E-state index contributed by atoms with van der Waals surface area (Å²) in [6.45, 7) is 4.98. The molecule has 2 N–H and O–H groups in total. The van der Waals surface area contributed by atoms with Crippen molar-refractivity contribution in [2.75, 3.05) is 13.6 Å². The Morgan fingerprint density at radius 1 is 1.28 bits per heavy atom. The molecule has 0 radical (unpaired) electrons. The van der Waals surface area contributed by atoms with Crippen LogP contribution in [-0.2, 0) is 18.3 Å². The molecular formula is C15H22N2O. The van der Waals surface area contributed by atoms with Crippen LogP contribution in [0.2, 0.25) is 0 Å². The Bertz CT molecular complexity index is 452. The molecule has 1 aliphatic carbocycles. The number of rotatable bonds is 3. The summed E-state index contributed by atoms with van der Waals surface area (Å²) >= 11 is 0. The quantitative estimate of drug-likeness (QED) is 0.844. The van der Waals surface area contributed by atoms with Gasteiger partial charge in [-0.25, -0.2) is 4.79 Å². The van der Waals surface area contributed by atoms with E-state index in [0.29, 0.717) is 6.54 Å². The summed E-state index contributed by atoms with van der Waals surface area (Å²) in [5.41, 5.74) is 4.25. The fourth-order valence-corrected chi connectivity index (χ4v) is 2.48. The summed E-state index contributed by atoms with van der Waals surface area (Å²) in [6, 6.07) is 6.65. The van der Waals surface area contributed by atoms with Crippen LogP contribution in [0.25, 0.3) is 0 Å². The molecule has 0 unspecified atom stereocenters. The lowest BCUT2D eigenvalue weighted by Crippen LogP contribution is -2.41. The second-order valence-electron chi connectivity index (χ2n) is 5.65. The zero-order chi connectivity index (χ0) is 13.2. The number of aryl methyl sites for hydroxylation is 2. The second-order valence-corrected chi connectivity index (χ2v) is 5.65. The first-order valence-corrected chi connectivity index (χ1v) is 6.61. The lowest BCUT2D eigenvalue weighted by Gasteiger charge is -2.26. The number of carbonyl (C=O) groups excluding carboxylic acids is 1. The van der Waals surface area contributed by atoms with E-state index in [2.05, 4.69) is 42.7 Å². The van der Waals surface area contributed by atoms with Gasteiger partial charge in [-0.3, -0.25) is 0 Å². The van der Waals surface area contributed by atoms with Crippen LogP contribution < -0.4 is 10.6 Å². The largest absolute Gasteiger partial charge is 0.341 e. The number of hydrogen-bond acceptors (Lipinski definition) is 1. The first-order chi connectivity index (χ1) is 8.53. The van der Waals surface area contributed by atoms with E-state index in [1.165, 1.54) is 36.0 Å². The molecule has 0 saturated carbocycles. The molecule has 0 aliphatic heterocycles. The van der Waals surface area contributed by atoms with Crippen LogP contribution in [0.15, 0.2) is 18.2 Å². The molecule has 0 spiro atoms. The number of carbonyl (C=O) groups is 1. The van der Waals surface area contributed by atoms with Crippen LogP contribution in [0.3, 0.4) is 0 Å². The maximum Gasteiger partial charge on any atom is 0.314 e. The molecule has 0 saturated heterocycles. The average Bonchev–Trinajstić information content (AvgIpc) is 2.83. The molecule has 18 heavy (non-hydrogen) atoms. The normalized spacial score (nSPS) is 14.2. The summed E-state index contributed by atoms with van der Waals surface area (Å²) in [5.74, 6) is 0. The average molecular weight is 246 g/mol. The molecule has 0 aromatic heterocycles. The molecule has 0 heterocycles. The first kappa shape index (κ1) is 12.9. The Balaban J connectivity index is 2.11. The van der Waals surface area contributed by atoms with Crippen molar-refractivity contribution in [3.63, 3.8) is 0 Å². The third-order valence-corrected chi connectivity index (χ3v) is 3.80. The van der Waals surface area contributed by atoms with Gasteiger partial charge < -0.3 is 10.6 Å². The minimum Gasteiger partial charge on any atom is -0.341 e. The third-order valence-electron chi connectivity index (χ3n) is 3.80. The first-order valence-electron chi connectivity index (χ1n) is 6.61. The van der Waals surface area contributed by atoms with Crippen LogP contribution in [0.5, 0.6) is 0 Å². The summed E-state index contributed by atoms with van der Waals surface area (Å²) in [7, 11) is 1.64. The van der Waals surface area contributed by atoms with Gasteiger partial charge in [0.15, 0.2) is 0 Å². The van der Waals surface area contributed by atoms with E-state index in [1.54, 1.807) is 7.05 Å². The third kappa shape index (κ3) is 2.66. The number of hydrogen-bond donors (Lipinski definition) is 2. The molecule has 3 nitrogen and oxygen atoms in total. The lowest BCUT2D eigenvalue weighted by molar-refractivity contribution is 0.240. The number of fused-ring (bicyclic) bond motifs is 1. The molecule has 1 aromatic rings. The van der Waals surface area contributed by atoms with E-state index in [4.69, 9.17) is 0 Å². The minimum absolute atomic E-state index is 0.0376. The van der Waals surface area contributed by atoms with E-state index in [1.807, 2.05) is 0 Å². The van der Waals surface area contributed by atoms with Gasteiger partial charge in [0.25, 0.3) is 0 Å². The summed E-state index contributed by atoms with van der Waals surface area (Å²) in [4.78, 5) is 11.3. The van der Waals surface area contributed by atoms with E-state index in [0.717, 1.165) is 0 Å². The fraction of sp³-hybridized carbons (Fsp3) is 0.533. The van der Waals surface area contributed by atoms with Gasteiger partial charge in [0.1, 0.15) is 0 Å². The Morgan fingerprint density at radius 2 is 2.00 bits per heavy atom. The lowest BCUT2D eigenvalue weighted by atomic mass is 9.83. The molecule has 98 valence electrons. The Kier molecular flexibility index (Phi) is 3.60. The van der Waals surface area contributed by atoms with Gasteiger partial charge in [0.2, 0.25) is 0 Å². The van der Waals surface area contributed by atoms with Crippen molar-refractivity contribution in [3.8, 4) is 0 Å². The molecule has 2 amide bonds. The monoisotopic (exact) mass is 246 g/mol. The Hall–Kier alpha value is -1.51. The highest BCUT2D eigenvalue weighted by molar-refractivity contribution is 5.73. The minimum atomic E-state index is -0.121. The van der Waals surface area contributed by atoms with Gasteiger partial charge in [-0.1, -0.05) is 32.0 Å².